The van der Waals surface area contributed by atoms with Gasteiger partial charge in [-0.1, -0.05) is 18.2 Å². The van der Waals surface area contributed by atoms with Crippen molar-refractivity contribution in [1.82, 2.24) is 29.7 Å². The Morgan fingerprint density at radius 1 is 1.00 bits per heavy atom. The van der Waals surface area contributed by atoms with E-state index in [9.17, 15) is 13.2 Å². The molecule has 5 aromatic rings. The van der Waals surface area contributed by atoms with Gasteiger partial charge in [0.15, 0.2) is 0 Å². The van der Waals surface area contributed by atoms with Gasteiger partial charge >= 0.3 is 6.18 Å². The highest BCUT2D eigenvalue weighted by Gasteiger charge is 2.30. The Morgan fingerprint density at radius 2 is 1.83 bits per heavy atom. The fraction of sp³-hybridized carbons (Fsp3) is 0.269. The van der Waals surface area contributed by atoms with Crippen molar-refractivity contribution in [3.05, 3.63) is 95.2 Å². The van der Waals surface area contributed by atoms with Gasteiger partial charge in [0.2, 0.25) is 0 Å². The average Bonchev–Trinajstić information content (AvgIpc) is 3.61. The summed E-state index contributed by atoms with van der Waals surface area (Å²) in [5, 5.41) is 9.87. The van der Waals surface area contributed by atoms with Crippen LogP contribution in [0.1, 0.15) is 40.5 Å². The first-order chi connectivity index (χ1) is 17.4. The molecule has 0 fully saturated rings. The minimum Gasteiger partial charge on any atom is -0.497 e. The van der Waals surface area contributed by atoms with Crippen molar-refractivity contribution in [3.63, 3.8) is 0 Å². The Balaban J connectivity index is 1.44. The second-order valence-electron chi connectivity index (χ2n) is 8.64. The van der Waals surface area contributed by atoms with E-state index in [1.165, 1.54) is 12.1 Å². The number of benzene rings is 2. The van der Waals surface area contributed by atoms with Crippen LogP contribution in [0.15, 0.2) is 61.2 Å². The monoisotopic (exact) mass is 494 g/mol. The van der Waals surface area contributed by atoms with Gasteiger partial charge < -0.3 is 19.3 Å². The Morgan fingerprint density at radius 3 is 2.58 bits per heavy atom. The number of aromatic nitrogens is 6. The lowest BCUT2D eigenvalue weighted by Gasteiger charge is -2.12. The number of nitrogens with zero attached hydrogens (tertiary/aromatic N) is 4. The van der Waals surface area contributed by atoms with Crippen LogP contribution in [-0.2, 0) is 32.0 Å². The zero-order valence-electron chi connectivity index (χ0n) is 19.6. The second kappa shape index (κ2) is 9.88. The third kappa shape index (κ3) is 5.12. The van der Waals surface area contributed by atoms with Gasteiger partial charge in [-0.3, -0.25) is 0 Å². The first-order valence-corrected chi connectivity index (χ1v) is 11.6. The van der Waals surface area contributed by atoms with Crippen LogP contribution in [0.3, 0.4) is 0 Å². The Kier molecular flexibility index (Phi) is 6.49. The summed E-state index contributed by atoms with van der Waals surface area (Å²) < 4.78 is 47.1. The van der Waals surface area contributed by atoms with Crippen LogP contribution >= 0.6 is 0 Å². The van der Waals surface area contributed by atoms with Gasteiger partial charge in [0.1, 0.15) is 17.4 Å². The van der Waals surface area contributed by atoms with Gasteiger partial charge in [0.25, 0.3) is 0 Å². The third-order valence-electron chi connectivity index (χ3n) is 6.23. The van der Waals surface area contributed by atoms with E-state index in [0.29, 0.717) is 24.4 Å². The molecule has 0 aliphatic carbocycles. The van der Waals surface area contributed by atoms with Crippen molar-refractivity contribution in [2.24, 2.45) is 0 Å². The quantitative estimate of drug-likeness (QED) is 0.290. The summed E-state index contributed by atoms with van der Waals surface area (Å²) in [6.45, 7) is 0.626. The number of H-pyrrole nitrogens is 2. The maximum Gasteiger partial charge on any atom is 0.416 e. The zero-order chi connectivity index (χ0) is 25.1. The molecule has 0 aliphatic rings. The molecule has 5 rings (SSSR count). The summed E-state index contributed by atoms with van der Waals surface area (Å²) in [4.78, 5) is 10.4. The van der Waals surface area contributed by atoms with Crippen LogP contribution in [0.5, 0.6) is 5.75 Å². The van der Waals surface area contributed by atoms with E-state index in [2.05, 4.69) is 25.1 Å². The van der Waals surface area contributed by atoms with Gasteiger partial charge in [-0.15, -0.1) is 10.2 Å². The molecule has 2 N–H and O–H groups in total. The fourth-order valence-electron chi connectivity index (χ4n) is 4.38. The topological polar surface area (TPSA) is 84.4 Å². The number of nitrogens with one attached hydrogen (secondary N) is 2. The molecule has 36 heavy (non-hydrogen) atoms. The summed E-state index contributed by atoms with van der Waals surface area (Å²) in [6.07, 6.45) is 3.33. The van der Waals surface area contributed by atoms with Gasteiger partial charge in [0.05, 0.1) is 19.0 Å². The van der Waals surface area contributed by atoms with E-state index in [1.54, 1.807) is 25.7 Å². The number of hydrogen-bond acceptors (Lipinski definition) is 4. The van der Waals surface area contributed by atoms with E-state index >= 15 is 0 Å². The van der Waals surface area contributed by atoms with E-state index in [1.807, 2.05) is 29.0 Å². The van der Waals surface area contributed by atoms with Crippen molar-refractivity contribution in [2.45, 2.75) is 38.4 Å². The second-order valence-corrected chi connectivity index (χ2v) is 8.64. The predicted octanol–water partition coefficient (Wildman–Crippen LogP) is 5.32. The summed E-state index contributed by atoms with van der Waals surface area (Å²) in [5.74, 6) is 2.14. The van der Waals surface area contributed by atoms with Gasteiger partial charge in [0, 0.05) is 48.4 Å². The summed E-state index contributed by atoms with van der Waals surface area (Å²) in [5.41, 5.74) is 2.92. The summed E-state index contributed by atoms with van der Waals surface area (Å²) >= 11 is 0. The summed E-state index contributed by atoms with van der Waals surface area (Å²) in [6, 6.07) is 11.2. The lowest BCUT2D eigenvalue weighted by atomic mass is 10.1. The maximum absolute atomic E-state index is 13.2. The number of hydrogen-bond donors (Lipinski definition) is 2. The molecule has 0 saturated carbocycles. The maximum atomic E-state index is 13.2. The van der Waals surface area contributed by atoms with Gasteiger partial charge in [-0.25, -0.2) is 4.98 Å². The van der Waals surface area contributed by atoms with Crippen LogP contribution in [-0.4, -0.2) is 36.8 Å². The molecular formula is C26H25F3N6O. The molecule has 0 amide bonds. The van der Waals surface area contributed by atoms with Crippen molar-refractivity contribution >= 4 is 10.9 Å². The zero-order valence-corrected chi connectivity index (χ0v) is 19.6. The molecule has 0 radical (unpaired) electrons. The number of methoxy groups -OCH3 is 1. The van der Waals surface area contributed by atoms with E-state index in [-0.39, 0.29) is 6.42 Å². The molecule has 10 heteroatoms. The highest BCUT2D eigenvalue weighted by molar-refractivity contribution is 5.84. The van der Waals surface area contributed by atoms with Gasteiger partial charge in [-0.05, 0) is 48.2 Å². The van der Waals surface area contributed by atoms with Crippen molar-refractivity contribution in [3.8, 4) is 5.75 Å². The molecule has 2 aromatic carbocycles. The SMILES string of the molecule is COc1ccc2[nH]cc(Cc3nnc(Cc4cccc(C(F)(F)F)c4)n3CCCc3cnc[nH]3)c2c1. The van der Waals surface area contributed by atoms with Gasteiger partial charge in [-0.2, -0.15) is 13.2 Å². The van der Waals surface area contributed by atoms with Crippen LogP contribution in [0.4, 0.5) is 13.2 Å². The molecular weight excluding hydrogens is 469 g/mol. The standard InChI is InChI=1S/C26H25F3N6O/c1-36-21-7-8-23-22(13-21)18(14-31-23)12-25-34-33-24(35(25)9-3-6-20-15-30-16-32-20)11-17-4-2-5-19(10-17)26(27,28)29/h2,4-5,7-8,10,13-16,31H,3,6,9,11-12H2,1H3,(H,30,32). The minimum atomic E-state index is -4.39. The smallest absolute Gasteiger partial charge is 0.416 e. The Bertz CT molecular complexity index is 1450. The Labute approximate surface area is 205 Å². The highest BCUT2D eigenvalue weighted by Crippen LogP contribution is 2.30. The first-order valence-electron chi connectivity index (χ1n) is 11.6. The number of fused-ring (bicyclic) bond motifs is 1. The molecule has 0 atom stereocenters. The number of rotatable bonds is 9. The number of aromatic amines is 2. The lowest BCUT2D eigenvalue weighted by Crippen LogP contribution is -2.11. The normalized spacial score (nSPS) is 11.9. The van der Waals surface area contributed by atoms with Crippen molar-refractivity contribution in [1.29, 1.82) is 0 Å². The fourth-order valence-corrected chi connectivity index (χ4v) is 4.38. The molecule has 3 aromatic heterocycles. The molecule has 0 bridgehead atoms. The molecule has 3 heterocycles. The number of ether oxygens (including phenoxy) is 1. The number of imidazole rings is 1. The Hall–Kier alpha value is -4.08. The third-order valence-corrected chi connectivity index (χ3v) is 6.23. The lowest BCUT2D eigenvalue weighted by molar-refractivity contribution is -0.137. The largest absolute Gasteiger partial charge is 0.497 e. The molecule has 0 spiro atoms. The van der Waals surface area contributed by atoms with Crippen LogP contribution in [0, 0.1) is 0 Å². The van der Waals surface area contributed by atoms with Crippen molar-refractivity contribution < 1.29 is 17.9 Å². The first kappa shape index (κ1) is 23.7. The molecule has 186 valence electrons. The number of halogens is 3. The predicted molar refractivity (Wildman–Crippen MR) is 129 cm³/mol. The number of aryl methyl sites for hydroxylation is 1. The van der Waals surface area contributed by atoms with Crippen molar-refractivity contribution in [2.75, 3.05) is 7.11 Å². The molecule has 7 nitrogen and oxygen atoms in total. The molecule has 0 unspecified atom stereocenters. The summed E-state index contributed by atoms with van der Waals surface area (Å²) in [7, 11) is 1.63. The minimum absolute atomic E-state index is 0.253. The van der Waals surface area contributed by atoms with Crippen LogP contribution < -0.4 is 4.74 Å². The molecule has 0 saturated heterocycles. The van der Waals surface area contributed by atoms with E-state index in [4.69, 9.17) is 4.74 Å². The van der Waals surface area contributed by atoms with E-state index in [0.717, 1.165) is 52.6 Å². The average molecular weight is 495 g/mol. The van der Waals surface area contributed by atoms with Crippen LogP contribution in [0.25, 0.3) is 10.9 Å². The van der Waals surface area contributed by atoms with E-state index < -0.39 is 11.7 Å². The number of alkyl halides is 3. The van der Waals surface area contributed by atoms with Crippen LogP contribution in [0.2, 0.25) is 0 Å². The molecule has 0 aliphatic heterocycles. The highest BCUT2D eigenvalue weighted by atomic mass is 19.4.